The zero-order valence-electron chi connectivity index (χ0n) is 17.8. The van der Waals surface area contributed by atoms with Crippen molar-refractivity contribution in [3.8, 4) is 0 Å². The van der Waals surface area contributed by atoms with Gasteiger partial charge in [-0.25, -0.2) is 0 Å². The molecule has 0 atom stereocenters. The highest BCUT2D eigenvalue weighted by atomic mass is 16.2. The number of amides is 3. The largest absolute Gasteiger partial charge is 0.345 e. The van der Waals surface area contributed by atoms with E-state index in [1.807, 2.05) is 49.4 Å². The van der Waals surface area contributed by atoms with Crippen LogP contribution < -0.4 is 10.6 Å². The van der Waals surface area contributed by atoms with Crippen LogP contribution in [-0.2, 0) is 16.0 Å². The first kappa shape index (κ1) is 23.1. The number of rotatable bonds is 11. The molecule has 0 aliphatic rings. The van der Waals surface area contributed by atoms with Crippen molar-refractivity contribution in [1.82, 2.24) is 10.2 Å². The van der Waals surface area contributed by atoms with Crippen molar-refractivity contribution >= 4 is 23.4 Å². The molecule has 6 heteroatoms. The van der Waals surface area contributed by atoms with Gasteiger partial charge < -0.3 is 15.5 Å². The Labute approximate surface area is 178 Å². The molecule has 0 unspecified atom stereocenters. The van der Waals surface area contributed by atoms with Crippen molar-refractivity contribution in [3.05, 3.63) is 65.7 Å². The first-order chi connectivity index (χ1) is 14.5. The van der Waals surface area contributed by atoms with E-state index in [1.165, 1.54) is 10.5 Å². The van der Waals surface area contributed by atoms with Crippen LogP contribution in [0.5, 0.6) is 0 Å². The van der Waals surface area contributed by atoms with Gasteiger partial charge in [-0.3, -0.25) is 14.4 Å². The Bertz CT molecular complexity index is 819. The number of nitrogens with one attached hydrogen (secondary N) is 2. The summed E-state index contributed by atoms with van der Waals surface area (Å²) < 4.78 is 0. The lowest BCUT2D eigenvalue weighted by Crippen LogP contribution is -2.43. The van der Waals surface area contributed by atoms with Gasteiger partial charge in [-0.15, -0.1) is 0 Å². The number of anilines is 1. The minimum atomic E-state index is -0.362. The summed E-state index contributed by atoms with van der Waals surface area (Å²) in [4.78, 5) is 38.7. The van der Waals surface area contributed by atoms with Crippen LogP contribution in [0.25, 0.3) is 0 Å². The lowest BCUT2D eigenvalue weighted by atomic mass is 10.1. The Balaban J connectivity index is 1.88. The van der Waals surface area contributed by atoms with Crippen LogP contribution >= 0.6 is 0 Å². The third-order valence-electron chi connectivity index (χ3n) is 4.64. The number of nitrogens with zero attached hydrogens (tertiary/aromatic N) is 1. The third-order valence-corrected chi connectivity index (χ3v) is 4.64. The van der Waals surface area contributed by atoms with Crippen LogP contribution in [0.1, 0.15) is 49.0 Å². The minimum Gasteiger partial charge on any atom is -0.345 e. The summed E-state index contributed by atoms with van der Waals surface area (Å²) in [6, 6.07) is 16.6. The first-order valence-corrected chi connectivity index (χ1v) is 10.5. The molecule has 0 aliphatic carbocycles. The number of carbonyl (C=O) groups is 3. The quantitative estimate of drug-likeness (QED) is 0.595. The zero-order chi connectivity index (χ0) is 21.8. The molecule has 0 radical (unpaired) electrons. The van der Waals surface area contributed by atoms with Crippen molar-refractivity contribution in [1.29, 1.82) is 0 Å². The second-order valence-electron chi connectivity index (χ2n) is 7.22. The molecular weight excluding hydrogens is 378 g/mol. The zero-order valence-corrected chi connectivity index (χ0v) is 17.8. The number of para-hydroxylation sites is 1. The summed E-state index contributed by atoms with van der Waals surface area (Å²) in [5.74, 6) is -0.854. The second kappa shape index (κ2) is 12.4. The highest BCUT2D eigenvalue weighted by molar-refractivity contribution is 5.98. The summed E-state index contributed by atoms with van der Waals surface area (Å²) in [5, 5.41) is 5.30. The SMILES string of the molecule is CCCCc1ccc(C(=O)N(CCC)CC(=O)NCC(=O)Nc2ccccc2)cc1. The van der Waals surface area contributed by atoms with Crippen molar-refractivity contribution in [2.45, 2.75) is 39.5 Å². The van der Waals surface area contributed by atoms with Gasteiger partial charge in [-0.1, -0.05) is 50.6 Å². The van der Waals surface area contributed by atoms with Gasteiger partial charge in [0.1, 0.15) is 0 Å². The highest BCUT2D eigenvalue weighted by Gasteiger charge is 2.18. The number of carbonyl (C=O) groups excluding carboxylic acids is 3. The molecule has 2 aromatic carbocycles. The minimum absolute atomic E-state index is 0.0805. The van der Waals surface area contributed by atoms with Gasteiger partial charge in [0.2, 0.25) is 11.8 Å². The van der Waals surface area contributed by atoms with Gasteiger partial charge in [0.15, 0.2) is 0 Å². The normalized spacial score (nSPS) is 10.3. The molecule has 0 saturated carbocycles. The van der Waals surface area contributed by atoms with Crippen molar-refractivity contribution < 1.29 is 14.4 Å². The molecule has 6 nitrogen and oxygen atoms in total. The molecule has 0 heterocycles. The molecule has 2 N–H and O–H groups in total. The summed E-state index contributed by atoms with van der Waals surface area (Å²) in [6.07, 6.45) is 3.98. The molecular formula is C24H31N3O3. The topological polar surface area (TPSA) is 78.5 Å². The number of benzene rings is 2. The summed E-state index contributed by atoms with van der Waals surface area (Å²) in [7, 11) is 0. The summed E-state index contributed by atoms with van der Waals surface area (Å²) in [6.45, 7) is 4.35. The number of aryl methyl sites for hydroxylation is 1. The van der Waals surface area contributed by atoms with Crippen LogP contribution in [0.4, 0.5) is 5.69 Å². The summed E-state index contributed by atoms with van der Waals surface area (Å²) in [5.41, 5.74) is 2.44. The predicted molar refractivity (Wildman–Crippen MR) is 119 cm³/mol. The standard InChI is InChI=1S/C24H31N3O3/c1-3-5-9-19-12-14-20(15-13-19)24(30)27(16-4-2)18-23(29)25-17-22(28)26-21-10-7-6-8-11-21/h6-8,10-15H,3-5,9,16-18H2,1-2H3,(H,25,29)(H,26,28). The molecule has 30 heavy (non-hydrogen) atoms. The fraction of sp³-hybridized carbons (Fsp3) is 0.375. The molecule has 2 aromatic rings. The monoisotopic (exact) mass is 409 g/mol. The maximum absolute atomic E-state index is 12.8. The van der Waals surface area contributed by atoms with Gasteiger partial charge in [0.25, 0.3) is 5.91 Å². The second-order valence-corrected chi connectivity index (χ2v) is 7.22. The fourth-order valence-corrected chi connectivity index (χ4v) is 3.03. The molecule has 3 amide bonds. The van der Waals surface area contributed by atoms with E-state index < -0.39 is 0 Å². The van der Waals surface area contributed by atoms with Crippen molar-refractivity contribution in [2.75, 3.05) is 25.0 Å². The van der Waals surface area contributed by atoms with Gasteiger partial charge in [0.05, 0.1) is 13.1 Å². The Morgan fingerprint density at radius 3 is 2.20 bits per heavy atom. The Morgan fingerprint density at radius 2 is 1.57 bits per heavy atom. The van der Waals surface area contributed by atoms with E-state index in [0.717, 1.165) is 25.7 Å². The van der Waals surface area contributed by atoms with Crippen LogP contribution in [0.3, 0.4) is 0 Å². The van der Waals surface area contributed by atoms with E-state index in [1.54, 1.807) is 12.1 Å². The molecule has 2 rings (SSSR count). The Hall–Kier alpha value is -3.15. The van der Waals surface area contributed by atoms with Gasteiger partial charge in [-0.05, 0) is 49.1 Å². The maximum Gasteiger partial charge on any atom is 0.254 e. The first-order valence-electron chi connectivity index (χ1n) is 10.5. The highest BCUT2D eigenvalue weighted by Crippen LogP contribution is 2.11. The number of hydrogen-bond donors (Lipinski definition) is 2. The van der Waals surface area contributed by atoms with Crippen LogP contribution in [0.2, 0.25) is 0 Å². The van der Waals surface area contributed by atoms with E-state index in [9.17, 15) is 14.4 Å². The molecule has 0 aromatic heterocycles. The van der Waals surface area contributed by atoms with Gasteiger partial charge in [-0.2, -0.15) is 0 Å². The van der Waals surface area contributed by atoms with Crippen LogP contribution in [0, 0.1) is 0 Å². The van der Waals surface area contributed by atoms with E-state index >= 15 is 0 Å². The third kappa shape index (κ3) is 7.70. The van der Waals surface area contributed by atoms with E-state index in [-0.39, 0.29) is 30.8 Å². The smallest absolute Gasteiger partial charge is 0.254 e. The number of hydrogen-bond acceptors (Lipinski definition) is 3. The lowest BCUT2D eigenvalue weighted by molar-refractivity contribution is -0.124. The fourth-order valence-electron chi connectivity index (χ4n) is 3.03. The average molecular weight is 410 g/mol. The van der Waals surface area contributed by atoms with E-state index in [0.29, 0.717) is 17.8 Å². The molecule has 160 valence electrons. The molecule has 0 aliphatic heterocycles. The van der Waals surface area contributed by atoms with Crippen LogP contribution in [-0.4, -0.2) is 42.3 Å². The van der Waals surface area contributed by atoms with Gasteiger partial charge in [0, 0.05) is 17.8 Å². The number of unbranched alkanes of at least 4 members (excludes halogenated alkanes) is 1. The predicted octanol–water partition coefficient (Wildman–Crippen LogP) is 3.64. The van der Waals surface area contributed by atoms with E-state index in [2.05, 4.69) is 17.6 Å². The Morgan fingerprint density at radius 1 is 0.867 bits per heavy atom. The average Bonchev–Trinajstić information content (AvgIpc) is 2.76. The van der Waals surface area contributed by atoms with Crippen LogP contribution in [0.15, 0.2) is 54.6 Å². The van der Waals surface area contributed by atoms with Gasteiger partial charge >= 0.3 is 0 Å². The van der Waals surface area contributed by atoms with Crippen molar-refractivity contribution in [2.24, 2.45) is 0 Å². The Kier molecular flexibility index (Phi) is 9.58. The molecule has 0 bridgehead atoms. The van der Waals surface area contributed by atoms with E-state index in [4.69, 9.17) is 0 Å². The molecule has 0 spiro atoms. The molecule has 0 saturated heterocycles. The molecule has 0 fully saturated rings. The summed E-state index contributed by atoms with van der Waals surface area (Å²) >= 11 is 0. The lowest BCUT2D eigenvalue weighted by Gasteiger charge is -2.22. The van der Waals surface area contributed by atoms with Crippen molar-refractivity contribution in [3.63, 3.8) is 0 Å². The maximum atomic E-state index is 12.8.